The Morgan fingerprint density at radius 3 is 2.68 bits per heavy atom. The van der Waals surface area contributed by atoms with Crippen LogP contribution in [0, 0.1) is 5.92 Å². The highest BCUT2D eigenvalue weighted by Gasteiger charge is 2.31. The molecule has 1 aromatic heterocycles. The number of amides is 2. The molecular formula is C21H29N5O2. The highest BCUT2D eigenvalue weighted by Crippen LogP contribution is 2.41. The summed E-state index contributed by atoms with van der Waals surface area (Å²) in [6.07, 6.45) is 7.00. The summed E-state index contributed by atoms with van der Waals surface area (Å²) in [6.45, 7) is 2.98. The summed E-state index contributed by atoms with van der Waals surface area (Å²) in [5, 5.41) is 14.6. The van der Waals surface area contributed by atoms with Gasteiger partial charge in [0.2, 0.25) is 0 Å². The molecule has 4 rings (SSSR count). The molecule has 7 heteroatoms. The molecule has 1 aromatic carbocycles. The largest absolute Gasteiger partial charge is 0.461 e. The van der Waals surface area contributed by atoms with Gasteiger partial charge in [0.15, 0.2) is 0 Å². The lowest BCUT2D eigenvalue weighted by Gasteiger charge is -2.29. The van der Waals surface area contributed by atoms with Crippen molar-refractivity contribution in [1.82, 2.24) is 25.4 Å². The summed E-state index contributed by atoms with van der Waals surface area (Å²) in [7, 11) is 0. The van der Waals surface area contributed by atoms with Gasteiger partial charge in [0.05, 0.1) is 12.2 Å². The molecule has 150 valence electrons. The Hall–Kier alpha value is -2.57. The number of urea groups is 1. The second-order valence-corrected chi connectivity index (χ2v) is 7.90. The number of carbonyl (C=O) groups excluding carboxylic acids is 1. The van der Waals surface area contributed by atoms with Crippen molar-refractivity contribution in [2.24, 2.45) is 5.92 Å². The third kappa shape index (κ3) is 4.46. The summed E-state index contributed by atoms with van der Waals surface area (Å²) < 4.78 is 7.85. The summed E-state index contributed by atoms with van der Waals surface area (Å²) >= 11 is 0. The maximum atomic E-state index is 12.1. The first-order valence-electron chi connectivity index (χ1n) is 10.4. The second kappa shape index (κ2) is 8.63. The van der Waals surface area contributed by atoms with Crippen LogP contribution in [0.3, 0.4) is 0 Å². The second-order valence-electron chi connectivity index (χ2n) is 7.90. The Morgan fingerprint density at radius 1 is 1.14 bits per heavy atom. The summed E-state index contributed by atoms with van der Waals surface area (Å²) in [6, 6.07) is 10.7. The molecule has 28 heavy (non-hydrogen) atoms. The van der Waals surface area contributed by atoms with Gasteiger partial charge in [-0.2, -0.15) is 0 Å². The molecule has 7 nitrogen and oxygen atoms in total. The smallest absolute Gasteiger partial charge is 0.321 e. The van der Waals surface area contributed by atoms with E-state index in [9.17, 15) is 4.79 Å². The van der Waals surface area contributed by atoms with E-state index in [4.69, 9.17) is 4.74 Å². The van der Waals surface area contributed by atoms with Crippen LogP contribution in [0.4, 0.5) is 4.79 Å². The predicted molar refractivity (Wildman–Crippen MR) is 107 cm³/mol. The van der Waals surface area contributed by atoms with E-state index >= 15 is 0 Å². The summed E-state index contributed by atoms with van der Waals surface area (Å²) in [5.74, 6) is 1.96. The number of carbonyl (C=O) groups is 1. The molecule has 0 bridgehead atoms. The monoisotopic (exact) mass is 383 g/mol. The van der Waals surface area contributed by atoms with Crippen molar-refractivity contribution >= 4 is 6.03 Å². The third-order valence-corrected chi connectivity index (χ3v) is 5.66. The average Bonchev–Trinajstić information content (AvgIpc) is 3.47. The molecule has 2 atom stereocenters. The molecule has 2 aromatic rings. The number of rotatable bonds is 7. The van der Waals surface area contributed by atoms with Gasteiger partial charge in [0, 0.05) is 12.0 Å². The molecule has 2 aliphatic rings. The number of nitrogens with zero attached hydrogens (tertiary/aromatic N) is 3. The van der Waals surface area contributed by atoms with Crippen LogP contribution in [0.5, 0.6) is 6.01 Å². The van der Waals surface area contributed by atoms with Gasteiger partial charge in [-0.3, -0.25) is 0 Å². The molecule has 2 amide bonds. The van der Waals surface area contributed by atoms with Crippen LogP contribution in [0.2, 0.25) is 0 Å². The molecular weight excluding hydrogens is 354 g/mol. The molecule has 0 saturated heterocycles. The van der Waals surface area contributed by atoms with Gasteiger partial charge in [0.25, 0.3) is 0 Å². The minimum Gasteiger partial charge on any atom is -0.461 e. The fraction of sp³-hybridized carbons (Fsp3) is 0.571. The van der Waals surface area contributed by atoms with Crippen LogP contribution in [0.1, 0.15) is 57.2 Å². The van der Waals surface area contributed by atoms with Gasteiger partial charge >= 0.3 is 12.0 Å². The first-order valence-corrected chi connectivity index (χ1v) is 10.4. The number of aromatic nitrogens is 3. The molecule has 0 spiro atoms. The van der Waals surface area contributed by atoms with E-state index in [1.807, 2.05) is 34.9 Å². The Bertz CT molecular complexity index is 787. The third-order valence-electron chi connectivity index (χ3n) is 5.66. The normalized spacial score (nSPS) is 21.9. The molecule has 0 radical (unpaired) electrons. The van der Waals surface area contributed by atoms with E-state index in [1.165, 1.54) is 19.3 Å². The molecule has 2 fully saturated rings. The number of hydrogen-bond donors (Lipinski definition) is 2. The van der Waals surface area contributed by atoms with E-state index < -0.39 is 0 Å². The first kappa shape index (κ1) is 18.8. The van der Waals surface area contributed by atoms with Gasteiger partial charge in [-0.15, -0.1) is 5.10 Å². The van der Waals surface area contributed by atoms with Crippen molar-refractivity contribution in [3.63, 3.8) is 0 Å². The van der Waals surface area contributed by atoms with Gasteiger partial charge in [-0.1, -0.05) is 43.1 Å². The van der Waals surface area contributed by atoms with Crippen LogP contribution in [0.15, 0.2) is 30.3 Å². The average molecular weight is 383 g/mol. The predicted octanol–water partition coefficient (Wildman–Crippen LogP) is 3.40. The fourth-order valence-corrected chi connectivity index (χ4v) is 3.86. The number of nitrogens with one attached hydrogen (secondary N) is 2. The number of para-hydroxylation sites is 1. The van der Waals surface area contributed by atoms with E-state index in [0.717, 1.165) is 30.8 Å². The molecule has 2 saturated carbocycles. The highest BCUT2D eigenvalue weighted by molar-refractivity contribution is 5.74. The van der Waals surface area contributed by atoms with Crippen LogP contribution in [-0.4, -0.2) is 40.0 Å². The zero-order valence-electron chi connectivity index (χ0n) is 16.4. The minimum atomic E-state index is -0.120. The lowest BCUT2D eigenvalue weighted by Crippen LogP contribution is -2.46. The zero-order valence-corrected chi connectivity index (χ0v) is 16.4. The molecule has 2 aliphatic carbocycles. The minimum absolute atomic E-state index is 0.120. The van der Waals surface area contributed by atoms with E-state index in [-0.39, 0.29) is 12.1 Å². The quantitative estimate of drug-likeness (QED) is 0.718. The van der Waals surface area contributed by atoms with Crippen LogP contribution in [-0.2, 0) is 0 Å². The molecule has 2 N–H and O–H groups in total. The summed E-state index contributed by atoms with van der Waals surface area (Å²) in [5.41, 5.74) is 1.00. The van der Waals surface area contributed by atoms with Crippen molar-refractivity contribution in [3.05, 3.63) is 36.2 Å². The van der Waals surface area contributed by atoms with E-state index in [2.05, 4.69) is 27.8 Å². The lowest BCUT2D eigenvalue weighted by molar-refractivity contribution is 0.217. The Kier molecular flexibility index (Phi) is 5.78. The van der Waals surface area contributed by atoms with Crippen LogP contribution >= 0.6 is 0 Å². The van der Waals surface area contributed by atoms with Gasteiger partial charge < -0.3 is 15.4 Å². The molecule has 0 aliphatic heterocycles. The molecule has 1 heterocycles. The number of benzene rings is 1. The Balaban J connectivity index is 1.30. The van der Waals surface area contributed by atoms with Crippen molar-refractivity contribution in [1.29, 1.82) is 0 Å². The Morgan fingerprint density at radius 2 is 1.93 bits per heavy atom. The van der Waals surface area contributed by atoms with Crippen LogP contribution in [0.25, 0.3) is 5.69 Å². The SMILES string of the molecule is CC1CCCCC1NC(=O)NCCOc1nnc(C2CC2)n1-c1ccccc1. The lowest BCUT2D eigenvalue weighted by atomic mass is 9.86. The van der Waals surface area contributed by atoms with Crippen molar-refractivity contribution < 1.29 is 9.53 Å². The van der Waals surface area contributed by atoms with Gasteiger partial charge in [0.1, 0.15) is 12.4 Å². The maximum Gasteiger partial charge on any atom is 0.321 e. The van der Waals surface area contributed by atoms with Gasteiger partial charge in [-0.25, -0.2) is 9.36 Å². The topological polar surface area (TPSA) is 81.1 Å². The van der Waals surface area contributed by atoms with E-state index in [1.54, 1.807) is 0 Å². The van der Waals surface area contributed by atoms with Crippen molar-refractivity contribution in [3.8, 4) is 11.7 Å². The maximum absolute atomic E-state index is 12.1. The molecule has 2 unspecified atom stereocenters. The van der Waals surface area contributed by atoms with E-state index in [0.29, 0.717) is 31.0 Å². The zero-order chi connectivity index (χ0) is 19.3. The Labute approximate surface area is 165 Å². The van der Waals surface area contributed by atoms with Gasteiger partial charge in [-0.05, 0) is 43.7 Å². The van der Waals surface area contributed by atoms with Crippen molar-refractivity contribution in [2.75, 3.05) is 13.2 Å². The number of hydrogen-bond acceptors (Lipinski definition) is 4. The first-order chi connectivity index (χ1) is 13.7. The summed E-state index contributed by atoms with van der Waals surface area (Å²) in [4.78, 5) is 12.1. The number of ether oxygens (including phenoxy) is 1. The van der Waals surface area contributed by atoms with Crippen molar-refractivity contribution in [2.45, 2.75) is 57.4 Å². The standard InChI is InChI=1S/C21H29N5O2/c1-15-7-5-6-10-18(15)23-20(27)22-13-14-28-21-25-24-19(16-11-12-16)26(21)17-8-3-2-4-9-17/h2-4,8-9,15-16,18H,5-7,10-14H2,1H3,(H2,22,23,27). The highest BCUT2D eigenvalue weighted by atomic mass is 16.5. The van der Waals surface area contributed by atoms with Crippen LogP contribution < -0.4 is 15.4 Å². The fourth-order valence-electron chi connectivity index (χ4n) is 3.86.